The second kappa shape index (κ2) is 6.22. The van der Waals surface area contributed by atoms with Crippen molar-refractivity contribution in [3.8, 4) is 0 Å². The van der Waals surface area contributed by atoms with E-state index in [1.54, 1.807) is 12.4 Å². The topological polar surface area (TPSA) is 79.3 Å². The van der Waals surface area contributed by atoms with Crippen LogP contribution in [0.15, 0.2) is 10.9 Å². The Bertz CT molecular complexity index is 351. The maximum atomic E-state index is 11.4. The molecule has 6 heteroatoms. The molecule has 1 rings (SSSR count). The summed E-state index contributed by atoms with van der Waals surface area (Å²) < 4.78 is 0. The molecule has 1 aromatic heterocycles. The van der Waals surface area contributed by atoms with Crippen LogP contribution >= 0.6 is 11.3 Å². The van der Waals surface area contributed by atoms with E-state index in [1.807, 2.05) is 5.38 Å². The maximum Gasteiger partial charge on any atom is 0.326 e. The molecule has 0 spiro atoms. The fourth-order valence-electron chi connectivity index (χ4n) is 1.21. The number of hydrogen-bond donors (Lipinski definition) is 2. The number of amides is 1. The number of nitrogens with one attached hydrogen (secondary N) is 1. The van der Waals surface area contributed by atoms with E-state index >= 15 is 0 Å². The van der Waals surface area contributed by atoms with Crippen molar-refractivity contribution in [2.24, 2.45) is 0 Å². The zero-order valence-electron chi connectivity index (χ0n) is 8.97. The van der Waals surface area contributed by atoms with E-state index in [0.717, 1.165) is 5.69 Å². The highest BCUT2D eigenvalue weighted by Gasteiger charge is 2.17. The van der Waals surface area contributed by atoms with Crippen LogP contribution in [0.1, 0.15) is 25.5 Å². The molecule has 16 heavy (non-hydrogen) atoms. The molecule has 0 bridgehead atoms. The van der Waals surface area contributed by atoms with Gasteiger partial charge in [0, 0.05) is 11.8 Å². The summed E-state index contributed by atoms with van der Waals surface area (Å²) in [7, 11) is 0. The molecular weight excluding hydrogens is 228 g/mol. The third-order valence-corrected chi connectivity index (χ3v) is 2.77. The molecule has 1 amide bonds. The molecular formula is C10H14N2O3S. The van der Waals surface area contributed by atoms with E-state index in [2.05, 4.69) is 10.3 Å². The lowest BCUT2D eigenvalue weighted by Gasteiger charge is -2.11. The fourth-order valence-corrected chi connectivity index (χ4v) is 1.80. The van der Waals surface area contributed by atoms with Gasteiger partial charge in [-0.05, 0) is 12.8 Å². The monoisotopic (exact) mass is 242 g/mol. The van der Waals surface area contributed by atoms with Gasteiger partial charge in [-0.15, -0.1) is 11.3 Å². The van der Waals surface area contributed by atoms with Crippen LogP contribution in [0.2, 0.25) is 0 Å². The average molecular weight is 242 g/mol. The number of carbonyl (C=O) groups excluding carboxylic acids is 1. The summed E-state index contributed by atoms with van der Waals surface area (Å²) in [6.45, 7) is 1.72. The molecule has 0 aliphatic carbocycles. The van der Waals surface area contributed by atoms with Gasteiger partial charge in [0.25, 0.3) is 0 Å². The van der Waals surface area contributed by atoms with Crippen LogP contribution < -0.4 is 5.32 Å². The Labute approximate surface area is 97.5 Å². The lowest BCUT2D eigenvalue weighted by atomic mass is 10.2. The SMILES string of the molecule is CCC(NC(=O)CCc1cscn1)C(=O)O. The first-order chi connectivity index (χ1) is 7.63. The molecule has 2 N–H and O–H groups in total. The predicted octanol–water partition coefficient (Wildman–Crippen LogP) is 1.06. The van der Waals surface area contributed by atoms with Crippen molar-refractivity contribution in [3.63, 3.8) is 0 Å². The molecule has 0 saturated heterocycles. The van der Waals surface area contributed by atoms with Gasteiger partial charge in [0.15, 0.2) is 0 Å². The Morgan fingerprint density at radius 2 is 2.38 bits per heavy atom. The van der Waals surface area contributed by atoms with Crippen molar-refractivity contribution in [2.75, 3.05) is 0 Å². The highest BCUT2D eigenvalue weighted by molar-refractivity contribution is 7.07. The zero-order valence-corrected chi connectivity index (χ0v) is 9.79. The third-order valence-electron chi connectivity index (χ3n) is 2.13. The molecule has 1 unspecified atom stereocenters. The summed E-state index contributed by atoms with van der Waals surface area (Å²) in [4.78, 5) is 26.1. The Morgan fingerprint density at radius 1 is 1.62 bits per heavy atom. The number of nitrogens with zero attached hydrogens (tertiary/aromatic N) is 1. The summed E-state index contributed by atoms with van der Waals surface area (Å²) in [5, 5.41) is 13.1. The highest BCUT2D eigenvalue weighted by atomic mass is 32.1. The van der Waals surface area contributed by atoms with E-state index in [9.17, 15) is 9.59 Å². The molecule has 1 heterocycles. The highest BCUT2D eigenvalue weighted by Crippen LogP contribution is 2.04. The first kappa shape index (κ1) is 12.6. The number of carboxylic acids is 1. The van der Waals surface area contributed by atoms with Crippen molar-refractivity contribution in [1.82, 2.24) is 10.3 Å². The quantitative estimate of drug-likeness (QED) is 0.781. The first-order valence-electron chi connectivity index (χ1n) is 5.02. The van der Waals surface area contributed by atoms with E-state index < -0.39 is 12.0 Å². The standard InChI is InChI=1S/C10H14N2O3S/c1-2-8(10(14)15)12-9(13)4-3-7-5-16-6-11-7/h5-6,8H,2-4H2,1H3,(H,12,13)(H,14,15). The van der Waals surface area contributed by atoms with Gasteiger partial charge in [-0.1, -0.05) is 6.92 Å². The van der Waals surface area contributed by atoms with Gasteiger partial charge in [-0.3, -0.25) is 4.79 Å². The van der Waals surface area contributed by atoms with Crippen molar-refractivity contribution >= 4 is 23.2 Å². The van der Waals surface area contributed by atoms with Crippen LogP contribution in [0.25, 0.3) is 0 Å². The first-order valence-corrected chi connectivity index (χ1v) is 5.97. The summed E-state index contributed by atoms with van der Waals surface area (Å²) in [6, 6.07) is -0.789. The number of thiazole rings is 1. The second-order valence-corrected chi connectivity index (χ2v) is 4.07. The van der Waals surface area contributed by atoms with Gasteiger partial charge >= 0.3 is 5.97 Å². The Hall–Kier alpha value is -1.43. The summed E-state index contributed by atoms with van der Waals surface area (Å²) in [6.07, 6.45) is 1.21. The largest absolute Gasteiger partial charge is 0.480 e. The molecule has 1 aromatic rings. The average Bonchev–Trinajstić information content (AvgIpc) is 2.75. The maximum absolute atomic E-state index is 11.4. The van der Waals surface area contributed by atoms with Gasteiger partial charge in [-0.2, -0.15) is 0 Å². The second-order valence-electron chi connectivity index (χ2n) is 3.35. The number of rotatable bonds is 6. The molecule has 5 nitrogen and oxygen atoms in total. The summed E-state index contributed by atoms with van der Waals surface area (Å²) in [5.41, 5.74) is 2.57. The van der Waals surface area contributed by atoms with Crippen molar-refractivity contribution < 1.29 is 14.7 Å². The summed E-state index contributed by atoms with van der Waals surface area (Å²) >= 11 is 1.48. The van der Waals surface area contributed by atoms with E-state index in [0.29, 0.717) is 12.8 Å². The number of aromatic nitrogens is 1. The van der Waals surface area contributed by atoms with Gasteiger partial charge in [0.05, 0.1) is 11.2 Å². The zero-order chi connectivity index (χ0) is 12.0. The molecule has 1 atom stereocenters. The van der Waals surface area contributed by atoms with Crippen LogP contribution in [0.4, 0.5) is 0 Å². The van der Waals surface area contributed by atoms with Crippen molar-refractivity contribution in [1.29, 1.82) is 0 Å². The fraction of sp³-hybridized carbons (Fsp3) is 0.500. The minimum Gasteiger partial charge on any atom is -0.480 e. The predicted molar refractivity (Wildman–Crippen MR) is 60.3 cm³/mol. The van der Waals surface area contributed by atoms with E-state index in [-0.39, 0.29) is 12.3 Å². The van der Waals surface area contributed by atoms with Crippen LogP contribution in [0.5, 0.6) is 0 Å². The summed E-state index contributed by atoms with van der Waals surface area (Å²) in [5.74, 6) is -1.24. The van der Waals surface area contributed by atoms with Crippen LogP contribution in [0, 0.1) is 0 Å². The molecule has 0 radical (unpaired) electrons. The molecule has 88 valence electrons. The van der Waals surface area contributed by atoms with Gasteiger partial charge < -0.3 is 10.4 Å². The van der Waals surface area contributed by atoms with Crippen LogP contribution in [-0.4, -0.2) is 28.0 Å². The molecule has 0 aliphatic rings. The van der Waals surface area contributed by atoms with Gasteiger partial charge in [0.1, 0.15) is 6.04 Å². The molecule has 0 saturated carbocycles. The Kier molecular flexibility index (Phi) is 4.91. The number of aliphatic carboxylic acids is 1. The van der Waals surface area contributed by atoms with Gasteiger partial charge in [-0.25, -0.2) is 9.78 Å². The Balaban J connectivity index is 2.33. The normalized spacial score (nSPS) is 12.1. The van der Waals surface area contributed by atoms with Crippen molar-refractivity contribution in [3.05, 3.63) is 16.6 Å². The molecule has 0 fully saturated rings. The van der Waals surface area contributed by atoms with E-state index in [1.165, 1.54) is 11.3 Å². The lowest BCUT2D eigenvalue weighted by molar-refractivity contribution is -0.141. The number of carbonyl (C=O) groups is 2. The minimum atomic E-state index is -0.996. The smallest absolute Gasteiger partial charge is 0.326 e. The van der Waals surface area contributed by atoms with Crippen molar-refractivity contribution in [2.45, 2.75) is 32.2 Å². The molecule has 0 aliphatic heterocycles. The minimum absolute atomic E-state index is 0.248. The number of carboxylic acid groups (broad SMARTS) is 1. The van der Waals surface area contributed by atoms with Gasteiger partial charge in [0.2, 0.25) is 5.91 Å². The number of hydrogen-bond acceptors (Lipinski definition) is 4. The third kappa shape index (κ3) is 3.98. The lowest BCUT2D eigenvalue weighted by Crippen LogP contribution is -2.40. The van der Waals surface area contributed by atoms with Crippen LogP contribution in [-0.2, 0) is 16.0 Å². The molecule has 0 aromatic carbocycles. The number of aryl methyl sites for hydroxylation is 1. The van der Waals surface area contributed by atoms with E-state index in [4.69, 9.17) is 5.11 Å². The Morgan fingerprint density at radius 3 is 2.88 bits per heavy atom. The van der Waals surface area contributed by atoms with Crippen LogP contribution in [0.3, 0.4) is 0 Å².